The van der Waals surface area contributed by atoms with Gasteiger partial charge in [-0.2, -0.15) is 0 Å². The Bertz CT molecular complexity index is 633. The van der Waals surface area contributed by atoms with Crippen LogP contribution < -0.4 is 0 Å². The zero-order valence-corrected chi connectivity index (χ0v) is 10.6. The molecule has 0 bridgehead atoms. The van der Waals surface area contributed by atoms with Gasteiger partial charge in [0.15, 0.2) is 0 Å². The van der Waals surface area contributed by atoms with Crippen LogP contribution in [0.3, 0.4) is 0 Å². The number of carbonyl (C=O) groups is 1. The molecular weight excluding hydrogens is 269 g/mol. The Balaban J connectivity index is 2.47. The molecule has 0 unspecified atom stereocenters. The van der Waals surface area contributed by atoms with E-state index in [0.717, 1.165) is 12.1 Å². The molecule has 5 heteroatoms. The number of carbonyl (C=O) groups excluding carboxylic acids is 1. The van der Waals surface area contributed by atoms with Crippen LogP contribution >= 0.6 is 0 Å². The highest BCUT2D eigenvalue weighted by Crippen LogP contribution is 2.26. The normalized spacial score (nSPS) is 10.4. The lowest BCUT2D eigenvalue weighted by Gasteiger charge is -2.08. The Hall–Kier alpha value is -2.30. The van der Waals surface area contributed by atoms with Crippen molar-refractivity contribution in [3.63, 3.8) is 0 Å². The van der Waals surface area contributed by atoms with E-state index in [2.05, 4.69) is 4.74 Å². The summed E-state index contributed by atoms with van der Waals surface area (Å²) in [5.74, 6) is -2.87. The van der Waals surface area contributed by atoms with E-state index in [4.69, 9.17) is 0 Å². The topological polar surface area (TPSA) is 26.3 Å². The van der Waals surface area contributed by atoms with Crippen LogP contribution in [-0.2, 0) is 16.0 Å². The number of ether oxygens (including phenoxy) is 1. The molecule has 0 heterocycles. The maximum absolute atomic E-state index is 14.3. The smallest absolute Gasteiger partial charge is 0.310 e. The van der Waals surface area contributed by atoms with Gasteiger partial charge in [0.05, 0.1) is 13.5 Å². The predicted molar refractivity (Wildman–Crippen MR) is 67.5 cm³/mol. The van der Waals surface area contributed by atoms with Crippen molar-refractivity contribution < 1.29 is 22.7 Å². The number of hydrogen-bond donors (Lipinski definition) is 0. The van der Waals surface area contributed by atoms with E-state index in [1.54, 1.807) is 0 Å². The summed E-state index contributed by atoms with van der Waals surface area (Å²) in [4.78, 5) is 11.2. The van der Waals surface area contributed by atoms with E-state index < -0.39 is 23.4 Å². The highest BCUT2D eigenvalue weighted by atomic mass is 19.1. The van der Waals surface area contributed by atoms with Crippen molar-refractivity contribution in [3.05, 3.63) is 59.4 Å². The largest absolute Gasteiger partial charge is 0.469 e. The lowest BCUT2D eigenvalue weighted by molar-refractivity contribution is -0.139. The van der Waals surface area contributed by atoms with Crippen molar-refractivity contribution in [2.75, 3.05) is 7.11 Å². The minimum atomic E-state index is -0.794. The Morgan fingerprint density at radius 3 is 2.35 bits per heavy atom. The number of esters is 1. The number of benzene rings is 2. The Morgan fingerprint density at radius 1 is 1.10 bits per heavy atom. The summed E-state index contributed by atoms with van der Waals surface area (Å²) in [6.45, 7) is 0. The number of methoxy groups -OCH3 is 1. The summed E-state index contributed by atoms with van der Waals surface area (Å²) in [6.07, 6.45) is -0.242. The van der Waals surface area contributed by atoms with E-state index >= 15 is 0 Å². The van der Waals surface area contributed by atoms with Crippen molar-refractivity contribution in [3.8, 4) is 11.1 Å². The summed E-state index contributed by atoms with van der Waals surface area (Å²) < 4.78 is 45.1. The molecule has 0 aliphatic rings. The zero-order valence-electron chi connectivity index (χ0n) is 10.6. The highest BCUT2D eigenvalue weighted by molar-refractivity contribution is 5.74. The molecule has 2 rings (SSSR count). The second-order valence-electron chi connectivity index (χ2n) is 4.19. The molecule has 2 aromatic rings. The van der Waals surface area contributed by atoms with Crippen LogP contribution in [0.25, 0.3) is 11.1 Å². The third-order valence-electron chi connectivity index (χ3n) is 2.81. The van der Waals surface area contributed by atoms with Crippen molar-refractivity contribution in [2.45, 2.75) is 6.42 Å². The maximum atomic E-state index is 14.3. The first-order valence-electron chi connectivity index (χ1n) is 5.82. The quantitative estimate of drug-likeness (QED) is 0.804. The van der Waals surface area contributed by atoms with Crippen molar-refractivity contribution in [1.29, 1.82) is 0 Å². The zero-order chi connectivity index (χ0) is 14.7. The molecule has 104 valence electrons. The lowest BCUT2D eigenvalue weighted by Crippen LogP contribution is -2.06. The minimum absolute atomic E-state index is 0.0322. The van der Waals surface area contributed by atoms with Crippen LogP contribution in [0.2, 0.25) is 0 Å². The maximum Gasteiger partial charge on any atom is 0.310 e. The van der Waals surface area contributed by atoms with Crippen LogP contribution in [0, 0.1) is 17.5 Å². The molecule has 0 N–H and O–H groups in total. The molecule has 0 spiro atoms. The van der Waals surface area contributed by atoms with E-state index in [1.807, 2.05) is 0 Å². The first-order chi connectivity index (χ1) is 9.51. The van der Waals surface area contributed by atoms with Crippen LogP contribution in [-0.4, -0.2) is 13.1 Å². The van der Waals surface area contributed by atoms with E-state index in [-0.39, 0.29) is 23.1 Å². The van der Waals surface area contributed by atoms with Crippen LogP contribution in [0.15, 0.2) is 36.4 Å². The third-order valence-corrected chi connectivity index (χ3v) is 2.81. The summed E-state index contributed by atoms with van der Waals surface area (Å²) in [6, 6.07) is 7.10. The molecule has 0 atom stereocenters. The Morgan fingerprint density at radius 2 is 1.75 bits per heavy atom. The summed E-state index contributed by atoms with van der Waals surface area (Å²) in [5, 5.41) is 0. The number of halogens is 3. The molecule has 2 aromatic carbocycles. The Labute approximate surface area is 113 Å². The number of rotatable bonds is 3. The molecule has 0 fully saturated rings. The highest BCUT2D eigenvalue weighted by Gasteiger charge is 2.14. The average Bonchev–Trinajstić information content (AvgIpc) is 2.39. The second-order valence-corrected chi connectivity index (χ2v) is 4.19. The first-order valence-corrected chi connectivity index (χ1v) is 5.82. The molecule has 0 saturated heterocycles. The van der Waals surface area contributed by atoms with Crippen molar-refractivity contribution in [1.82, 2.24) is 0 Å². The molecule has 0 aliphatic carbocycles. The molecule has 0 saturated carbocycles. The molecule has 0 aliphatic heterocycles. The van der Waals surface area contributed by atoms with Crippen LogP contribution in [0.1, 0.15) is 5.56 Å². The molecule has 0 aromatic heterocycles. The van der Waals surface area contributed by atoms with E-state index in [0.29, 0.717) is 6.07 Å². The molecule has 0 radical (unpaired) electrons. The van der Waals surface area contributed by atoms with Crippen molar-refractivity contribution >= 4 is 5.97 Å². The van der Waals surface area contributed by atoms with Gasteiger partial charge in [-0.1, -0.05) is 18.2 Å². The predicted octanol–water partition coefficient (Wildman–Crippen LogP) is 3.49. The molecule has 0 amide bonds. The van der Waals surface area contributed by atoms with Crippen LogP contribution in [0.4, 0.5) is 13.2 Å². The van der Waals surface area contributed by atoms with Gasteiger partial charge in [-0.25, -0.2) is 13.2 Å². The third kappa shape index (κ3) is 2.99. The van der Waals surface area contributed by atoms with Gasteiger partial charge in [0.2, 0.25) is 0 Å². The van der Waals surface area contributed by atoms with Gasteiger partial charge in [-0.3, -0.25) is 4.79 Å². The molecular formula is C15H11F3O2. The van der Waals surface area contributed by atoms with Crippen LogP contribution in [0.5, 0.6) is 0 Å². The van der Waals surface area contributed by atoms with E-state index in [9.17, 15) is 18.0 Å². The fourth-order valence-corrected chi connectivity index (χ4v) is 1.88. The van der Waals surface area contributed by atoms with E-state index in [1.165, 1.54) is 25.3 Å². The van der Waals surface area contributed by atoms with Gasteiger partial charge >= 0.3 is 5.97 Å². The molecule has 20 heavy (non-hydrogen) atoms. The van der Waals surface area contributed by atoms with Gasteiger partial charge in [-0.05, 0) is 23.3 Å². The van der Waals surface area contributed by atoms with Crippen molar-refractivity contribution in [2.24, 2.45) is 0 Å². The fraction of sp³-hybridized carbons (Fsp3) is 0.133. The van der Waals surface area contributed by atoms with Gasteiger partial charge in [0.1, 0.15) is 17.5 Å². The van der Waals surface area contributed by atoms with Gasteiger partial charge in [-0.15, -0.1) is 0 Å². The summed E-state index contributed by atoms with van der Waals surface area (Å²) in [7, 11) is 1.20. The Kier molecular flexibility index (Phi) is 4.08. The minimum Gasteiger partial charge on any atom is -0.469 e. The summed E-state index contributed by atoms with van der Waals surface area (Å²) >= 11 is 0. The van der Waals surface area contributed by atoms with Gasteiger partial charge in [0.25, 0.3) is 0 Å². The fourth-order valence-electron chi connectivity index (χ4n) is 1.88. The SMILES string of the molecule is COC(=O)Cc1cccc(-c2cc(F)cc(F)c2)c1F. The number of hydrogen-bond acceptors (Lipinski definition) is 2. The van der Waals surface area contributed by atoms with Gasteiger partial charge in [0, 0.05) is 11.6 Å². The summed E-state index contributed by atoms with van der Waals surface area (Å²) in [5.41, 5.74) is 0.218. The second kappa shape index (κ2) is 5.77. The standard InChI is InChI=1S/C15H11F3O2/c1-20-14(19)7-9-3-2-4-13(15(9)18)10-5-11(16)8-12(17)6-10/h2-6,8H,7H2,1H3. The monoisotopic (exact) mass is 280 g/mol. The lowest BCUT2D eigenvalue weighted by atomic mass is 10.0. The molecule has 2 nitrogen and oxygen atoms in total. The van der Waals surface area contributed by atoms with Gasteiger partial charge < -0.3 is 4.74 Å². The average molecular weight is 280 g/mol. The first kappa shape index (κ1) is 14.1.